The Bertz CT molecular complexity index is 327. The monoisotopic (exact) mass is 268 g/mol. The van der Waals surface area contributed by atoms with E-state index in [1.54, 1.807) is 0 Å². The van der Waals surface area contributed by atoms with Gasteiger partial charge < -0.3 is 5.32 Å². The molecular weight excluding hydrogens is 252 g/mol. The Hall–Kier alpha value is -0.410. The summed E-state index contributed by atoms with van der Waals surface area (Å²) in [4.78, 5) is 4.19. The third-order valence-electron chi connectivity index (χ3n) is 3.00. The van der Waals surface area contributed by atoms with E-state index in [1.165, 1.54) is 18.4 Å². The van der Waals surface area contributed by atoms with Gasteiger partial charge in [0.25, 0.3) is 0 Å². The highest BCUT2D eigenvalue weighted by Crippen LogP contribution is 2.19. The molecule has 1 N–H and O–H groups in total. The molecule has 1 aliphatic rings. The molecular formula is C12H17BrN2. The van der Waals surface area contributed by atoms with Crippen LogP contribution in [0.25, 0.3) is 0 Å². The lowest BCUT2D eigenvalue weighted by Crippen LogP contribution is -2.38. The van der Waals surface area contributed by atoms with Gasteiger partial charge in [0.1, 0.15) is 0 Å². The molecule has 2 atom stereocenters. The lowest BCUT2D eigenvalue weighted by atomic mass is 9.91. The van der Waals surface area contributed by atoms with E-state index in [4.69, 9.17) is 0 Å². The average Bonchev–Trinajstić information content (AvgIpc) is 2.17. The first-order valence-corrected chi connectivity index (χ1v) is 6.36. The van der Waals surface area contributed by atoms with E-state index >= 15 is 0 Å². The fraction of sp³-hybridized carbons (Fsp3) is 0.583. The zero-order chi connectivity index (χ0) is 10.7. The number of pyridine rings is 1. The molecule has 0 saturated carbocycles. The lowest BCUT2D eigenvalue weighted by Gasteiger charge is -2.28. The summed E-state index contributed by atoms with van der Waals surface area (Å²) in [5, 5.41) is 3.57. The van der Waals surface area contributed by atoms with Gasteiger partial charge in [-0.2, -0.15) is 0 Å². The number of halogens is 1. The van der Waals surface area contributed by atoms with E-state index in [9.17, 15) is 0 Å². The fourth-order valence-corrected chi connectivity index (χ4v) is 2.64. The van der Waals surface area contributed by atoms with Crippen molar-refractivity contribution in [3.05, 3.63) is 28.5 Å². The summed E-state index contributed by atoms with van der Waals surface area (Å²) in [6.45, 7) is 3.50. The molecule has 0 spiro atoms. The molecule has 82 valence electrons. The molecule has 0 bridgehead atoms. The van der Waals surface area contributed by atoms with Gasteiger partial charge in [-0.15, -0.1) is 0 Å². The molecule has 0 amide bonds. The van der Waals surface area contributed by atoms with Gasteiger partial charge in [-0.1, -0.05) is 6.92 Å². The van der Waals surface area contributed by atoms with Gasteiger partial charge in [0.05, 0.1) is 0 Å². The number of nitrogens with one attached hydrogen (secondary N) is 1. The van der Waals surface area contributed by atoms with Crippen molar-refractivity contribution in [3.8, 4) is 0 Å². The third-order valence-corrected chi connectivity index (χ3v) is 3.43. The van der Waals surface area contributed by atoms with E-state index in [-0.39, 0.29) is 0 Å². The van der Waals surface area contributed by atoms with Gasteiger partial charge in [0.2, 0.25) is 0 Å². The van der Waals surface area contributed by atoms with Crippen LogP contribution in [-0.4, -0.2) is 17.6 Å². The molecule has 2 unspecified atom stereocenters. The highest BCUT2D eigenvalue weighted by atomic mass is 79.9. The first kappa shape index (κ1) is 11.1. The maximum atomic E-state index is 4.19. The smallest absolute Gasteiger partial charge is 0.0410 e. The Balaban J connectivity index is 1.96. The summed E-state index contributed by atoms with van der Waals surface area (Å²) >= 11 is 3.46. The van der Waals surface area contributed by atoms with Crippen molar-refractivity contribution in [2.75, 3.05) is 6.54 Å². The van der Waals surface area contributed by atoms with Crippen LogP contribution in [0.15, 0.2) is 22.9 Å². The van der Waals surface area contributed by atoms with Crippen molar-refractivity contribution in [2.45, 2.75) is 32.2 Å². The molecule has 2 rings (SSSR count). The summed E-state index contributed by atoms with van der Waals surface area (Å²) in [6, 6.07) is 2.79. The normalized spacial score (nSPS) is 26.5. The third kappa shape index (κ3) is 3.28. The fourth-order valence-electron chi connectivity index (χ4n) is 2.23. The summed E-state index contributed by atoms with van der Waals surface area (Å²) < 4.78 is 1.07. The van der Waals surface area contributed by atoms with Gasteiger partial charge in [0.15, 0.2) is 0 Å². The van der Waals surface area contributed by atoms with Crippen molar-refractivity contribution < 1.29 is 0 Å². The van der Waals surface area contributed by atoms with E-state index in [0.29, 0.717) is 6.04 Å². The minimum absolute atomic E-state index is 0.629. The molecule has 15 heavy (non-hydrogen) atoms. The number of hydrogen-bond acceptors (Lipinski definition) is 2. The van der Waals surface area contributed by atoms with Crippen LogP contribution < -0.4 is 5.32 Å². The maximum Gasteiger partial charge on any atom is 0.0410 e. The summed E-state index contributed by atoms with van der Waals surface area (Å²) in [7, 11) is 0. The highest BCUT2D eigenvalue weighted by Gasteiger charge is 2.18. The molecule has 0 radical (unpaired) electrons. The van der Waals surface area contributed by atoms with Crippen molar-refractivity contribution in [1.82, 2.24) is 10.3 Å². The Morgan fingerprint density at radius 3 is 3.13 bits per heavy atom. The van der Waals surface area contributed by atoms with Crippen LogP contribution in [0.2, 0.25) is 0 Å². The highest BCUT2D eigenvalue weighted by molar-refractivity contribution is 9.10. The molecule has 2 heterocycles. The van der Waals surface area contributed by atoms with Crippen molar-refractivity contribution in [2.24, 2.45) is 5.92 Å². The minimum atomic E-state index is 0.629. The van der Waals surface area contributed by atoms with Gasteiger partial charge in [0, 0.05) is 22.9 Å². The standard InChI is InChI=1S/C12H17BrN2/c1-9-2-3-15-12(4-9)6-10-5-11(13)8-14-7-10/h5,7-9,12,15H,2-4,6H2,1H3. The van der Waals surface area contributed by atoms with Gasteiger partial charge in [-0.25, -0.2) is 0 Å². The van der Waals surface area contributed by atoms with Crippen LogP contribution >= 0.6 is 15.9 Å². The first-order chi connectivity index (χ1) is 7.24. The van der Waals surface area contributed by atoms with Crippen LogP contribution in [0.1, 0.15) is 25.3 Å². The molecule has 3 heteroatoms. The zero-order valence-electron chi connectivity index (χ0n) is 9.04. The molecule has 2 nitrogen and oxygen atoms in total. The van der Waals surface area contributed by atoms with Crippen LogP contribution in [-0.2, 0) is 6.42 Å². The maximum absolute atomic E-state index is 4.19. The minimum Gasteiger partial charge on any atom is -0.314 e. The van der Waals surface area contributed by atoms with E-state index < -0.39 is 0 Å². The lowest BCUT2D eigenvalue weighted by molar-refractivity contribution is 0.318. The second-order valence-corrected chi connectivity index (χ2v) is 5.41. The molecule has 0 aromatic carbocycles. The van der Waals surface area contributed by atoms with Gasteiger partial charge >= 0.3 is 0 Å². The van der Waals surface area contributed by atoms with Gasteiger partial charge in [-0.3, -0.25) is 4.98 Å². The second-order valence-electron chi connectivity index (χ2n) is 4.50. The molecule has 1 aliphatic heterocycles. The quantitative estimate of drug-likeness (QED) is 0.893. The second kappa shape index (κ2) is 5.08. The molecule has 1 fully saturated rings. The molecule has 1 saturated heterocycles. The Morgan fingerprint density at radius 1 is 1.53 bits per heavy atom. The topological polar surface area (TPSA) is 24.9 Å². The Labute approximate surface area is 99.6 Å². The van der Waals surface area contributed by atoms with Crippen LogP contribution in [0.3, 0.4) is 0 Å². The van der Waals surface area contributed by atoms with Crippen LogP contribution in [0, 0.1) is 5.92 Å². The van der Waals surface area contributed by atoms with Crippen molar-refractivity contribution in [3.63, 3.8) is 0 Å². The Kier molecular flexibility index (Phi) is 3.76. The number of piperidine rings is 1. The van der Waals surface area contributed by atoms with Crippen LogP contribution in [0.5, 0.6) is 0 Å². The Morgan fingerprint density at radius 2 is 2.40 bits per heavy atom. The summed E-state index contributed by atoms with van der Waals surface area (Å²) in [5.74, 6) is 0.858. The largest absolute Gasteiger partial charge is 0.314 e. The van der Waals surface area contributed by atoms with Gasteiger partial charge in [-0.05, 0) is 59.3 Å². The first-order valence-electron chi connectivity index (χ1n) is 5.57. The molecule has 0 aliphatic carbocycles. The predicted molar refractivity (Wildman–Crippen MR) is 65.8 cm³/mol. The number of aromatic nitrogens is 1. The van der Waals surface area contributed by atoms with Crippen LogP contribution in [0.4, 0.5) is 0 Å². The predicted octanol–water partition coefficient (Wildman–Crippen LogP) is 2.77. The van der Waals surface area contributed by atoms with Crippen molar-refractivity contribution in [1.29, 1.82) is 0 Å². The summed E-state index contributed by atoms with van der Waals surface area (Å²) in [6.07, 6.45) is 7.49. The van der Waals surface area contributed by atoms with Crippen molar-refractivity contribution >= 4 is 15.9 Å². The van der Waals surface area contributed by atoms with E-state index in [1.807, 2.05) is 12.4 Å². The molecule has 1 aromatic heterocycles. The van der Waals surface area contributed by atoms with E-state index in [0.717, 1.165) is 23.4 Å². The zero-order valence-corrected chi connectivity index (χ0v) is 10.6. The average molecular weight is 269 g/mol. The number of rotatable bonds is 2. The number of hydrogen-bond donors (Lipinski definition) is 1. The number of nitrogens with zero attached hydrogens (tertiary/aromatic N) is 1. The molecule has 1 aromatic rings. The summed E-state index contributed by atoms with van der Waals surface area (Å²) in [5.41, 5.74) is 1.32. The SMILES string of the molecule is CC1CCNC(Cc2cncc(Br)c2)C1. The van der Waals surface area contributed by atoms with E-state index in [2.05, 4.69) is 39.2 Å².